The van der Waals surface area contributed by atoms with E-state index in [1.54, 1.807) is 6.92 Å². The maximum absolute atomic E-state index is 11.2. The van der Waals surface area contributed by atoms with Gasteiger partial charge in [-0.3, -0.25) is 0 Å². The van der Waals surface area contributed by atoms with Crippen LogP contribution in [0.15, 0.2) is 24.3 Å². The van der Waals surface area contributed by atoms with Crippen LogP contribution in [0.2, 0.25) is 0 Å². The molecule has 0 fully saturated rings. The van der Waals surface area contributed by atoms with Gasteiger partial charge in [-0.1, -0.05) is 12.1 Å². The number of nitrogens with one attached hydrogen (secondary N) is 1. The molecular weight excluding hydrogens is 194 g/mol. The lowest BCUT2D eigenvalue weighted by Gasteiger charge is -1.96. The molecule has 0 unspecified atom stereocenters. The van der Waals surface area contributed by atoms with Gasteiger partial charge in [0, 0.05) is 5.10 Å². The third kappa shape index (κ3) is 2.12. The van der Waals surface area contributed by atoms with Crippen LogP contribution in [0.1, 0.15) is 6.92 Å². The highest BCUT2D eigenvalue weighted by atomic mass is 16.5. The van der Waals surface area contributed by atoms with Crippen molar-refractivity contribution in [3.05, 3.63) is 24.3 Å². The zero-order valence-electron chi connectivity index (χ0n) is 8.43. The summed E-state index contributed by atoms with van der Waals surface area (Å²) in [6, 6.07) is 7.60. The number of nitrogens with zero attached hydrogens (tertiary/aromatic N) is 2. The van der Waals surface area contributed by atoms with Crippen molar-refractivity contribution in [2.24, 2.45) is 0 Å². The van der Waals surface area contributed by atoms with Gasteiger partial charge in [-0.25, -0.2) is 4.79 Å². The van der Waals surface area contributed by atoms with Crippen molar-refractivity contribution in [1.29, 1.82) is 0 Å². The van der Waals surface area contributed by atoms with Crippen LogP contribution in [-0.4, -0.2) is 22.5 Å². The predicted octanol–water partition coefficient (Wildman–Crippen LogP) is 0.414. The van der Waals surface area contributed by atoms with Crippen LogP contribution >= 0.6 is 0 Å². The minimum absolute atomic E-state index is 0.114. The minimum atomic E-state index is -0.290. The number of hydrogen-bond donors (Lipinski definition) is 0. The SMILES string of the molecule is CCOC(=O)Cn1nc2ccccc2[nH+]1. The molecule has 0 spiro atoms. The zero-order valence-corrected chi connectivity index (χ0v) is 8.43. The van der Waals surface area contributed by atoms with Gasteiger partial charge in [-0.2, -0.15) is 5.10 Å². The van der Waals surface area contributed by atoms with E-state index in [0.717, 1.165) is 11.0 Å². The Balaban J connectivity index is 2.18. The molecule has 5 nitrogen and oxygen atoms in total. The van der Waals surface area contributed by atoms with Gasteiger partial charge in [-0.15, -0.1) is 0 Å². The van der Waals surface area contributed by atoms with Gasteiger partial charge in [-0.05, 0) is 23.9 Å². The van der Waals surface area contributed by atoms with E-state index in [1.807, 2.05) is 24.3 Å². The maximum atomic E-state index is 11.2. The number of para-hydroxylation sites is 1. The molecule has 0 atom stereocenters. The molecule has 78 valence electrons. The van der Waals surface area contributed by atoms with E-state index in [2.05, 4.69) is 10.2 Å². The second kappa shape index (κ2) is 4.08. The summed E-state index contributed by atoms with van der Waals surface area (Å²) in [5.41, 5.74) is 1.74. The van der Waals surface area contributed by atoms with Gasteiger partial charge in [0.2, 0.25) is 5.52 Å². The molecular formula is C10H12N3O2+. The highest BCUT2D eigenvalue weighted by Gasteiger charge is 2.13. The summed E-state index contributed by atoms with van der Waals surface area (Å²) in [5, 5.41) is 7.18. The first-order valence-electron chi connectivity index (χ1n) is 4.80. The number of ether oxygens (including phenoxy) is 1. The van der Waals surface area contributed by atoms with Crippen molar-refractivity contribution >= 4 is 17.0 Å². The first-order valence-corrected chi connectivity index (χ1v) is 4.80. The highest BCUT2D eigenvalue weighted by Crippen LogP contribution is 2.03. The van der Waals surface area contributed by atoms with Crippen LogP contribution in [0, 0.1) is 0 Å². The Hall–Kier alpha value is -1.91. The molecule has 1 N–H and O–H groups in total. The fourth-order valence-electron chi connectivity index (χ4n) is 1.35. The quantitative estimate of drug-likeness (QED) is 0.683. The van der Waals surface area contributed by atoms with Gasteiger partial charge in [0.1, 0.15) is 0 Å². The Kier molecular flexibility index (Phi) is 2.62. The fraction of sp³-hybridized carbons (Fsp3) is 0.300. The average Bonchev–Trinajstić information content (AvgIpc) is 2.59. The van der Waals surface area contributed by atoms with Crippen LogP contribution in [0.3, 0.4) is 0 Å². The standard InChI is InChI=1S/C10H11N3O2/c1-2-15-10(14)7-13-11-8-5-3-4-6-9(8)12-13/h3-6H,2,7H2,1H3/p+1. The fourth-order valence-corrected chi connectivity index (χ4v) is 1.35. The lowest BCUT2D eigenvalue weighted by molar-refractivity contribution is -0.469. The summed E-state index contributed by atoms with van der Waals surface area (Å²) < 4.78 is 4.82. The lowest BCUT2D eigenvalue weighted by Crippen LogP contribution is -2.25. The second-order valence-corrected chi connectivity index (χ2v) is 3.09. The summed E-state index contributed by atoms with van der Waals surface area (Å²) in [6.07, 6.45) is 0. The number of hydrogen-bond acceptors (Lipinski definition) is 3. The molecule has 0 radical (unpaired) electrons. The summed E-state index contributed by atoms with van der Waals surface area (Å²) in [6.45, 7) is 2.28. The Bertz CT molecular complexity index is 445. The molecule has 1 aromatic heterocycles. The number of H-pyrrole nitrogens is 1. The predicted molar refractivity (Wildman–Crippen MR) is 52.9 cm³/mol. The molecule has 0 aliphatic rings. The summed E-state index contributed by atoms with van der Waals surface area (Å²) in [5.74, 6) is -0.290. The van der Waals surface area contributed by atoms with Crippen LogP contribution < -0.4 is 5.10 Å². The first kappa shape index (κ1) is 9.64. The topological polar surface area (TPSA) is 58.3 Å². The van der Waals surface area contributed by atoms with Gasteiger partial charge < -0.3 is 4.74 Å². The van der Waals surface area contributed by atoms with Gasteiger partial charge >= 0.3 is 5.97 Å². The van der Waals surface area contributed by atoms with E-state index < -0.39 is 0 Å². The Morgan fingerprint density at radius 3 is 3.07 bits per heavy atom. The molecule has 0 aliphatic carbocycles. The van der Waals surface area contributed by atoms with Gasteiger partial charge in [0.15, 0.2) is 12.1 Å². The average molecular weight is 206 g/mol. The van der Waals surface area contributed by atoms with Crippen molar-refractivity contribution in [1.82, 2.24) is 9.90 Å². The number of esters is 1. The zero-order chi connectivity index (χ0) is 10.7. The monoisotopic (exact) mass is 206 g/mol. The number of aromatic nitrogens is 3. The van der Waals surface area contributed by atoms with Crippen molar-refractivity contribution in [3.63, 3.8) is 0 Å². The maximum Gasteiger partial charge on any atom is 0.333 e. The first-order chi connectivity index (χ1) is 7.29. The van der Waals surface area contributed by atoms with Crippen LogP contribution in [0.25, 0.3) is 11.0 Å². The highest BCUT2D eigenvalue weighted by molar-refractivity contribution is 5.71. The van der Waals surface area contributed by atoms with Crippen molar-refractivity contribution in [3.8, 4) is 0 Å². The summed E-state index contributed by atoms with van der Waals surface area (Å²) in [4.78, 5) is 12.7. The summed E-state index contributed by atoms with van der Waals surface area (Å²) in [7, 11) is 0. The molecule has 0 bridgehead atoms. The van der Waals surface area contributed by atoms with E-state index in [4.69, 9.17) is 4.74 Å². The van der Waals surface area contributed by atoms with Gasteiger partial charge in [0.05, 0.1) is 6.61 Å². The Morgan fingerprint density at radius 2 is 2.33 bits per heavy atom. The second-order valence-electron chi connectivity index (χ2n) is 3.09. The van der Waals surface area contributed by atoms with Crippen molar-refractivity contribution < 1.29 is 14.6 Å². The van der Waals surface area contributed by atoms with E-state index in [9.17, 15) is 4.79 Å². The number of rotatable bonds is 3. The molecule has 0 aliphatic heterocycles. The lowest BCUT2D eigenvalue weighted by atomic mass is 10.3. The number of carbonyl (C=O) groups excluding carboxylic acids is 1. The van der Waals surface area contributed by atoms with E-state index >= 15 is 0 Å². The molecule has 0 amide bonds. The van der Waals surface area contributed by atoms with E-state index in [0.29, 0.717) is 6.61 Å². The normalized spacial score (nSPS) is 10.5. The molecule has 2 rings (SSSR count). The largest absolute Gasteiger partial charge is 0.464 e. The molecule has 1 heterocycles. The van der Waals surface area contributed by atoms with Crippen molar-refractivity contribution in [2.75, 3.05) is 6.61 Å². The molecule has 15 heavy (non-hydrogen) atoms. The Labute approximate surface area is 86.6 Å². The molecule has 2 aromatic rings. The minimum Gasteiger partial charge on any atom is -0.464 e. The molecule has 0 saturated carbocycles. The number of carbonyl (C=O) groups is 1. The number of fused-ring (bicyclic) bond motifs is 1. The smallest absolute Gasteiger partial charge is 0.333 e. The van der Waals surface area contributed by atoms with Crippen molar-refractivity contribution in [2.45, 2.75) is 13.5 Å². The Morgan fingerprint density at radius 1 is 1.53 bits per heavy atom. The third-order valence-corrected chi connectivity index (χ3v) is 1.97. The van der Waals surface area contributed by atoms with Crippen LogP contribution in [0.4, 0.5) is 0 Å². The molecule has 5 heteroatoms. The van der Waals surface area contributed by atoms with E-state index in [-0.39, 0.29) is 12.5 Å². The number of benzene rings is 1. The van der Waals surface area contributed by atoms with E-state index in [1.165, 1.54) is 4.80 Å². The van der Waals surface area contributed by atoms with Gasteiger partial charge in [0.25, 0.3) is 0 Å². The van der Waals surface area contributed by atoms with Crippen LogP contribution in [0.5, 0.6) is 0 Å². The third-order valence-electron chi connectivity index (χ3n) is 1.97. The summed E-state index contributed by atoms with van der Waals surface area (Å²) >= 11 is 0. The van der Waals surface area contributed by atoms with Crippen LogP contribution in [-0.2, 0) is 16.1 Å². The molecule has 1 aromatic carbocycles. The molecule has 0 saturated heterocycles. The number of aromatic amines is 1.